The maximum Gasteiger partial charge on any atom is 0.408 e. The van der Waals surface area contributed by atoms with Crippen LogP contribution >= 0.6 is 0 Å². The molecule has 14 heteroatoms. The van der Waals surface area contributed by atoms with Gasteiger partial charge in [0.15, 0.2) is 0 Å². The number of hydrogen-bond donors (Lipinski definition) is 4. The maximum absolute atomic E-state index is 14.3. The Morgan fingerprint density at radius 1 is 0.485 bits per heavy atom. The summed E-state index contributed by atoms with van der Waals surface area (Å²) in [6, 6.07) is 33.0. The number of hydrogen-bond acceptors (Lipinski definition) is 8. The number of imidazole rings is 2. The molecule has 4 aliphatic rings. The van der Waals surface area contributed by atoms with Gasteiger partial charge in [0.1, 0.15) is 35.9 Å². The molecule has 4 aromatic carbocycles. The Morgan fingerprint density at radius 3 is 1.24 bits per heavy atom. The average Bonchev–Trinajstić information content (AvgIpc) is 4.24. The van der Waals surface area contributed by atoms with Crippen molar-refractivity contribution in [3.05, 3.63) is 144 Å². The summed E-state index contributed by atoms with van der Waals surface area (Å²) in [5.74, 6) is 1.06. The fourth-order valence-electron chi connectivity index (χ4n) is 10.4. The predicted molar refractivity (Wildman–Crippen MR) is 257 cm³/mol. The Hall–Kier alpha value is -7.22. The van der Waals surface area contributed by atoms with Gasteiger partial charge in [-0.25, -0.2) is 19.6 Å². The number of H-pyrrole nitrogens is 2. The quantitative estimate of drug-likeness (QED) is 0.0886. The topological polar surface area (TPSA) is 175 Å². The minimum absolute atomic E-state index is 0.110. The molecule has 2 aromatic heterocycles. The van der Waals surface area contributed by atoms with Crippen LogP contribution in [0.25, 0.3) is 33.6 Å². The third-order valence-corrected chi connectivity index (χ3v) is 14.1. The van der Waals surface area contributed by atoms with Crippen molar-refractivity contribution in [2.24, 2.45) is 0 Å². The zero-order valence-electron chi connectivity index (χ0n) is 38.1. The van der Waals surface area contributed by atoms with E-state index in [2.05, 4.69) is 69.1 Å². The number of carbonyl (C=O) groups is 4. The van der Waals surface area contributed by atoms with Crippen LogP contribution < -0.4 is 10.6 Å². The van der Waals surface area contributed by atoms with Gasteiger partial charge in [-0.1, -0.05) is 109 Å². The molecule has 4 N–H and O–H groups in total. The number of amides is 4. The molecule has 0 bridgehead atoms. The fraction of sp³-hybridized carbons (Fsp3) is 0.370. The van der Waals surface area contributed by atoms with E-state index in [4.69, 9.17) is 19.4 Å². The zero-order chi connectivity index (χ0) is 46.4. The van der Waals surface area contributed by atoms with E-state index < -0.39 is 24.3 Å². The van der Waals surface area contributed by atoms with Gasteiger partial charge in [-0.3, -0.25) is 9.59 Å². The second-order valence-electron chi connectivity index (χ2n) is 18.5. The van der Waals surface area contributed by atoms with Gasteiger partial charge >= 0.3 is 12.2 Å². The molecule has 0 spiro atoms. The number of aromatic nitrogens is 4. The number of ether oxygens (including phenoxy) is 2. The van der Waals surface area contributed by atoms with Gasteiger partial charge in [0.2, 0.25) is 0 Å². The molecule has 0 radical (unpaired) electrons. The summed E-state index contributed by atoms with van der Waals surface area (Å²) in [6.07, 6.45) is 13.0. The van der Waals surface area contributed by atoms with Crippen molar-refractivity contribution in [3.63, 3.8) is 0 Å². The molecule has 4 amide bonds. The molecule has 2 aliphatic carbocycles. The summed E-state index contributed by atoms with van der Waals surface area (Å²) < 4.78 is 11.4. The highest BCUT2D eigenvalue weighted by atomic mass is 16.6. The molecule has 4 atom stereocenters. The van der Waals surface area contributed by atoms with E-state index >= 15 is 0 Å². The molecule has 6 aromatic rings. The number of alkyl carbamates (subject to hydrolysis) is 2. The molecule has 10 rings (SSSR count). The first-order valence-electron chi connectivity index (χ1n) is 24.3. The van der Waals surface area contributed by atoms with Crippen molar-refractivity contribution >= 4 is 24.0 Å². The Morgan fingerprint density at radius 2 is 0.853 bits per heavy atom. The molecule has 4 fully saturated rings. The number of carbonyl (C=O) groups excluding carboxylic acids is 4. The highest BCUT2D eigenvalue weighted by molar-refractivity contribution is 5.88. The van der Waals surface area contributed by atoms with Crippen LogP contribution in [0.3, 0.4) is 0 Å². The van der Waals surface area contributed by atoms with Crippen LogP contribution in [0.4, 0.5) is 9.59 Å². The van der Waals surface area contributed by atoms with Crippen molar-refractivity contribution in [2.45, 2.75) is 113 Å². The third kappa shape index (κ3) is 9.90. The molecule has 0 unspecified atom stereocenters. The summed E-state index contributed by atoms with van der Waals surface area (Å²) in [7, 11) is 0. The normalized spacial score (nSPS) is 19.5. The van der Waals surface area contributed by atoms with Crippen molar-refractivity contribution in [1.82, 2.24) is 40.4 Å². The van der Waals surface area contributed by atoms with Gasteiger partial charge in [-0.2, -0.15) is 0 Å². The first-order valence-corrected chi connectivity index (χ1v) is 24.3. The smallest absolute Gasteiger partial charge is 0.408 e. The SMILES string of the molecule is O=C(N[C@@H](C(=O)N1CCC[C@@H]1c1ncc(-c2ccc(-c3ccc(-c4cnc([C@@H]5CCCN5C(=O)[C@H](NC(=O)OC5CCCC5)c5ccccc5)[nH]4)cc3)cc2)[nH]1)c1ccccc1)OC1CCCC1. The summed E-state index contributed by atoms with van der Waals surface area (Å²) in [6.45, 7) is 1.12. The lowest BCUT2D eigenvalue weighted by Crippen LogP contribution is -2.43. The monoisotopic (exact) mass is 914 g/mol. The van der Waals surface area contributed by atoms with Crippen LogP contribution in [-0.4, -0.2) is 79.0 Å². The predicted octanol–water partition coefficient (Wildman–Crippen LogP) is 10.3. The average molecular weight is 915 g/mol. The van der Waals surface area contributed by atoms with Crippen LogP contribution in [0.2, 0.25) is 0 Å². The van der Waals surface area contributed by atoms with Crippen LogP contribution in [0.15, 0.2) is 122 Å². The van der Waals surface area contributed by atoms with E-state index in [1.54, 1.807) is 0 Å². The van der Waals surface area contributed by atoms with Gasteiger partial charge in [0.05, 0.1) is 35.9 Å². The molecule has 350 valence electrons. The second-order valence-corrected chi connectivity index (χ2v) is 18.5. The number of benzene rings is 4. The van der Waals surface area contributed by atoms with E-state index in [9.17, 15) is 19.2 Å². The Bertz CT molecular complexity index is 2490. The minimum atomic E-state index is -0.873. The third-order valence-electron chi connectivity index (χ3n) is 14.1. The van der Waals surface area contributed by atoms with Crippen LogP contribution in [0, 0.1) is 0 Å². The van der Waals surface area contributed by atoms with Gasteiger partial charge < -0.3 is 39.9 Å². The molecule has 2 aliphatic heterocycles. The fourth-order valence-corrected chi connectivity index (χ4v) is 10.4. The van der Waals surface area contributed by atoms with E-state index in [1.165, 1.54) is 0 Å². The standard InChI is InChI=1S/C54H58N8O6/c63-51(47(39-13-3-1-4-14-39)59-53(65)67-41-17-7-8-18-41)61-31-11-21-45(61)49-55-33-43(57-49)37-27-23-35(24-28-37)36-25-29-38(30-26-36)44-34-56-50(58-44)46-22-12-32-62(46)52(64)48(40-15-5-2-6-16-40)60-54(66)68-42-19-9-10-20-42/h1-6,13-16,23-30,33-34,41-42,45-48H,7-12,17-22,31-32H2,(H,55,57)(H,56,58)(H,59,65)(H,60,66)/t45-,46+,47-,48-/m1/s1. The van der Waals surface area contributed by atoms with E-state index in [0.717, 1.165) is 111 Å². The van der Waals surface area contributed by atoms with Gasteiger partial charge in [0.25, 0.3) is 11.8 Å². The molecule has 2 saturated heterocycles. The van der Waals surface area contributed by atoms with Crippen molar-refractivity contribution in [3.8, 4) is 33.6 Å². The summed E-state index contributed by atoms with van der Waals surface area (Å²) >= 11 is 0. The van der Waals surface area contributed by atoms with Crippen LogP contribution in [0.1, 0.15) is 124 Å². The maximum atomic E-state index is 14.3. The molecule has 68 heavy (non-hydrogen) atoms. The lowest BCUT2D eigenvalue weighted by molar-refractivity contribution is -0.135. The highest BCUT2D eigenvalue weighted by Crippen LogP contribution is 2.37. The molecule has 4 heterocycles. The van der Waals surface area contributed by atoms with Crippen LogP contribution in [-0.2, 0) is 19.1 Å². The van der Waals surface area contributed by atoms with Crippen molar-refractivity contribution in [2.75, 3.05) is 13.1 Å². The molecule has 2 saturated carbocycles. The van der Waals surface area contributed by atoms with E-state index in [1.807, 2.05) is 82.9 Å². The van der Waals surface area contributed by atoms with Gasteiger partial charge in [-0.15, -0.1) is 0 Å². The summed E-state index contributed by atoms with van der Waals surface area (Å²) in [5.41, 5.74) is 7.17. The van der Waals surface area contributed by atoms with Crippen molar-refractivity contribution < 1.29 is 28.7 Å². The Labute approximate surface area is 396 Å². The lowest BCUT2D eigenvalue weighted by Gasteiger charge is -2.29. The second kappa shape index (κ2) is 20.3. The van der Waals surface area contributed by atoms with Crippen LogP contribution in [0.5, 0.6) is 0 Å². The molecular formula is C54H58N8O6. The van der Waals surface area contributed by atoms with E-state index in [-0.39, 0.29) is 36.1 Å². The largest absolute Gasteiger partial charge is 0.446 e. The lowest BCUT2D eigenvalue weighted by atomic mass is 10.0. The first-order chi connectivity index (χ1) is 33.3. The number of rotatable bonds is 13. The minimum Gasteiger partial charge on any atom is -0.446 e. The first kappa shape index (κ1) is 44.6. The van der Waals surface area contributed by atoms with Gasteiger partial charge in [-0.05, 0) is 110 Å². The molecular weight excluding hydrogens is 857 g/mol. The number of nitrogens with zero attached hydrogens (tertiary/aromatic N) is 4. The Balaban J connectivity index is 0.783. The van der Waals surface area contributed by atoms with Gasteiger partial charge in [0, 0.05) is 13.1 Å². The van der Waals surface area contributed by atoms with Crippen molar-refractivity contribution in [1.29, 1.82) is 0 Å². The molecule has 14 nitrogen and oxygen atoms in total. The summed E-state index contributed by atoms with van der Waals surface area (Å²) in [4.78, 5) is 74.7. The van der Waals surface area contributed by atoms with E-state index in [0.29, 0.717) is 35.9 Å². The Kier molecular flexibility index (Phi) is 13.3. The highest BCUT2D eigenvalue weighted by Gasteiger charge is 2.39. The number of likely N-dealkylation sites (tertiary alicyclic amines) is 2. The number of nitrogens with one attached hydrogen (secondary N) is 4. The summed E-state index contributed by atoms with van der Waals surface area (Å²) in [5, 5.41) is 5.79. The zero-order valence-corrected chi connectivity index (χ0v) is 38.1. The number of aromatic amines is 2.